The van der Waals surface area contributed by atoms with E-state index in [1.807, 2.05) is 6.20 Å². The first-order valence-electron chi connectivity index (χ1n) is 5.89. The lowest BCUT2D eigenvalue weighted by Gasteiger charge is -2.09. The molecule has 0 atom stereocenters. The van der Waals surface area contributed by atoms with Gasteiger partial charge in [0.05, 0.1) is 0 Å². The van der Waals surface area contributed by atoms with E-state index in [4.69, 9.17) is 5.73 Å². The number of aromatic amines is 1. The minimum absolute atomic E-state index is 0.513. The average molecular weight is 229 g/mol. The van der Waals surface area contributed by atoms with Gasteiger partial charge in [-0.05, 0) is 37.5 Å². The summed E-state index contributed by atoms with van der Waals surface area (Å²) in [5.41, 5.74) is 11.9. The van der Waals surface area contributed by atoms with E-state index in [9.17, 15) is 0 Å². The van der Waals surface area contributed by atoms with Crippen molar-refractivity contribution >= 4 is 0 Å². The van der Waals surface area contributed by atoms with Gasteiger partial charge in [0.1, 0.15) is 5.82 Å². The molecule has 0 aliphatic rings. The van der Waals surface area contributed by atoms with E-state index in [1.165, 1.54) is 22.3 Å². The number of benzene rings is 1. The highest BCUT2D eigenvalue weighted by molar-refractivity contribution is 5.39. The van der Waals surface area contributed by atoms with Crippen molar-refractivity contribution in [2.45, 2.75) is 33.7 Å². The van der Waals surface area contributed by atoms with Gasteiger partial charge in [-0.15, -0.1) is 0 Å². The third-order valence-corrected chi connectivity index (χ3v) is 3.09. The van der Waals surface area contributed by atoms with Gasteiger partial charge in [0, 0.05) is 24.9 Å². The molecule has 0 aliphatic heterocycles. The number of hydrogen-bond acceptors (Lipinski definition) is 2. The summed E-state index contributed by atoms with van der Waals surface area (Å²) in [6, 6.07) is 4.43. The Morgan fingerprint density at radius 3 is 2.35 bits per heavy atom. The van der Waals surface area contributed by atoms with Crippen LogP contribution >= 0.6 is 0 Å². The topological polar surface area (TPSA) is 54.7 Å². The fourth-order valence-corrected chi connectivity index (χ4v) is 2.26. The van der Waals surface area contributed by atoms with Crippen molar-refractivity contribution in [1.82, 2.24) is 9.97 Å². The Morgan fingerprint density at radius 1 is 1.18 bits per heavy atom. The molecule has 3 N–H and O–H groups in total. The molecule has 2 rings (SSSR count). The molecule has 0 saturated heterocycles. The van der Waals surface area contributed by atoms with Crippen LogP contribution in [0.3, 0.4) is 0 Å². The Bertz CT molecular complexity index is 503. The van der Waals surface area contributed by atoms with Crippen LogP contribution in [0.4, 0.5) is 0 Å². The summed E-state index contributed by atoms with van der Waals surface area (Å²) in [7, 11) is 0. The summed E-state index contributed by atoms with van der Waals surface area (Å²) in [6.45, 7) is 6.95. The molecule has 0 amide bonds. The standard InChI is InChI=1S/C14H19N3/c1-9-4-10(2)13(11(3)5-9)6-14-16-8-12(7-15)17-14/h4-5,8H,6-7,15H2,1-3H3,(H,16,17). The van der Waals surface area contributed by atoms with Crippen molar-refractivity contribution in [1.29, 1.82) is 0 Å². The summed E-state index contributed by atoms with van der Waals surface area (Å²) in [5.74, 6) is 0.987. The van der Waals surface area contributed by atoms with Crippen molar-refractivity contribution in [3.8, 4) is 0 Å². The van der Waals surface area contributed by atoms with Crippen LogP contribution in [0, 0.1) is 20.8 Å². The highest BCUT2D eigenvalue weighted by Crippen LogP contribution is 2.18. The second kappa shape index (κ2) is 4.72. The maximum absolute atomic E-state index is 5.56. The van der Waals surface area contributed by atoms with Crippen LogP contribution in [0.1, 0.15) is 33.8 Å². The van der Waals surface area contributed by atoms with Gasteiger partial charge in [0.15, 0.2) is 0 Å². The van der Waals surface area contributed by atoms with Crippen LogP contribution in [-0.2, 0) is 13.0 Å². The molecule has 17 heavy (non-hydrogen) atoms. The van der Waals surface area contributed by atoms with Gasteiger partial charge in [-0.2, -0.15) is 0 Å². The van der Waals surface area contributed by atoms with E-state index in [2.05, 4.69) is 42.9 Å². The number of nitrogens with two attached hydrogens (primary N) is 1. The van der Waals surface area contributed by atoms with Crippen molar-refractivity contribution in [3.63, 3.8) is 0 Å². The maximum Gasteiger partial charge on any atom is 0.110 e. The number of rotatable bonds is 3. The zero-order valence-corrected chi connectivity index (χ0v) is 10.7. The number of hydrogen-bond donors (Lipinski definition) is 2. The molecular weight excluding hydrogens is 210 g/mol. The van der Waals surface area contributed by atoms with E-state index in [1.54, 1.807) is 0 Å². The Hall–Kier alpha value is -1.61. The molecule has 90 valence electrons. The molecule has 0 spiro atoms. The third-order valence-electron chi connectivity index (χ3n) is 3.09. The minimum atomic E-state index is 0.513. The molecule has 0 fully saturated rings. The predicted molar refractivity (Wildman–Crippen MR) is 69.9 cm³/mol. The molecule has 1 heterocycles. The van der Waals surface area contributed by atoms with Crippen LogP contribution in [-0.4, -0.2) is 9.97 Å². The molecule has 0 unspecified atom stereocenters. The minimum Gasteiger partial charge on any atom is -0.345 e. The molecule has 3 heteroatoms. The quantitative estimate of drug-likeness (QED) is 0.849. The first-order chi connectivity index (χ1) is 8.10. The first-order valence-corrected chi connectivity index (χ1v) is 5.89. The van der Waals surface area contributed by atoms with Crippen molar-refractivity contribution in [2.24, 2.45) is 5.73 Å². The summed E-state index contributed by atoms with van der Waals surface area (Å²) in [4.78, 5) is 7.60. The number of imidazole rings is 1. The number of nitrogens with one attached hydrogen (secondary N) is 1. The second-order valence-electron chi connectivity index (χ2n) is 4.61. The average Bonchev–Trinajstić information content (AvgIpc) is 2.71. The monoisotopic (exact) mass is 229 g/mol. The molecule has 2 aromatic rings. The van der Waals surface area contributed by atoms with Crippen LogP contribution in [0.25, 0.3) is 0 Å². The normalized spacial score (nSPS) is 10.8. The number of H-pyrrole nitrogens is 1. The summed E-state index contributed by atoms with van der Waals surface area (Å²) in [5, 5.41) is 0. The zero-order valence-electron chi connectivity index (χ0n) is 10.7. The largest absolute Gasteiger partial charge is 0.345 e. The van der Waals surface area contributed by atoms with E-state index < -0.39 is 0 Å². The maximum atomic E-state index is 5.56. The fourth-order valence-electron chi connectivity index (χ4n) is 2.26. The first kappa shape index (κ1) is 11.9. The van der Waals surface area contributed by atoms with Gasteiger partial charge in [-0.25, -0.2) is 4.98 Å². The van der Waals surface area contributed by atoms with Gasteiger partial charge >= 0.3 is 0 Å². The Labute approximate surface area is 102 Å². The summed E-state index contributed by atoms with van der Waals surface area (Å²) < 4.78 is 0. The Kier molecular flexibility index (Phi) is 3.29. The van der Waals surface area contributed by atoms with E-state index in [-0.39, 0.29) is 0 Å². The highest BCUT2D eigenvalue weighted by Gasteiger charge is 2.07. The van der Waals surface area contributed by atoms with E-state index >= 15 is 0 Å². The number of aromatic nitrogens is 2. The van der Waals surface area contributed by atoms with Crippen LogP contribution < -0.4 is 5.73 Å². The third kappa shape index (κ3) is 2.56. The second-order valence-corrected chi connectivity index (χ2v) is 4.61. The lowest BCUT2D eigenvalue weighted by molar-refractivity contribution is 0.957. The van der Waals surface area contributed by atoms with Gasteiger partial charge in [0.25, 0.3) is 0 Å². The zero-order chi connectivity index (χ0) is 12.4. The van der Waals surface area contributed by atoms with Gasteiger partial charge in [-0.1, -0.05) is 17.7 Å². The Balaban J connectivity index is 2.29. The molecular formula is C14H19N3. The molecule has 0 aliphatic carbocycles. The molecule has 0 bridgehead atoms. The molecule has 3 nitrogen and oxygen atoms in total. The SMILES string of the molecule is Cc1cc(C)c(Cc2ncc(CN)[nH]2)c(C)c1. The molecule has 1 aromatic heterocycles. The molecule has 0 radical (unpaired) electrons. The molecule has 1 aromatic carbocycles. The summed E-state index contributed by atoms with van der Waals surface area (Å²) >= 11 is 0. The number of aryl methyl sites for hydroxylation is 3. The van der Waals surface area contributed by atoms with Crippen LogP contribution in [0.2, 0.25) is 0 Å². The fraction of sp³-hybridized carbons (Fsp3) is 0.357. The van der Waals surface area contributed by atoms with E-state index in [0.29, 0.717) is 6.54 Å². The van der Waals surface area contributed by atoms with Crippen LogP contribution in [0.15, 0.2) is 18.3 Å². The van der Waals surface area contributed by atoms with Crippen molar-refractivity contribution < 1.29 is 0 Å². The van der Waals surface area contributed by atoms with Gasteiger partial charge in [-0.3, -0.25) is 0 Å². The van der Waals surface area contributed by atoms with Crippen molar-refractivity contribution in [2.75, 3.05) is 0 Å². The Morgan fingerprint density at radius 2 is 1.82 bits per heavy atom. The van der Waals surface area contributed by atoms with Gasteiger partial charge in [0.2, 0.25) is 0 Å². The highest BCUT2D eigenvalue weighted by atomic mass is 14.9. The number of nitrogens with zero attached hydrogens (tertiary/aromatic N) is 1. The molecule has 0 saturated carbocycles. The predicted octanol–water partition coefficient (Wildman–Crippen LogP) is 2.38. The lowest BCUT2D eigenvalue weighted by atomic mass is 9.97. The van der Waals surface area contributed by atoms with Crippen molar-refractivity contribution in [3.05, 3.63) is 52.1 Å². The van der Waals surface area contributed by atoms with Crippen LogP contribution in [0.5, 0.6) is 0 Å². The van der Waals surface area contributed by atoms with Gasteiger partial charge < -0.3 is 10.7 Å². The lowest BCUT2D eigenvalue weighted by Crippen LogP contribution is -2.00. The smallest absolute Gasteiger partial charge is 0.110 e. The van der Waals surface area contributed by atoms with E-state index in [0.717, 1.165) is 17.9 Å². The summed E-state index contributed by atoms with van der Waals surface area (Å²) in [6.07, 6.45) is 2.66.